The van der Waals surface area contributed by atoms with Crippen molar-refractivity contribution in [3.05, 3.63) is 47.5 Å². The predicted molar refractivity (Wildman–Crippen MR) is 74.5 cm³/mol. The van der Waals surface area contributed by atoms with E-state index in [2.05, 4.69) is 4.98 Å². The third-order valence-corrected chi connectivity index (χ3v) is 3.83. The number of nitrogen functional groups attached to an aromatic ring is 1. The van der Waals surface area contributed by atoms with Crippen LogP contribution in [0.1, 0.15) is 0 Å². The van der Waals surface area contributed by atoms with Crippen molar-refractivity contribution in [3.63, 3.8) is 0 Å². The summed E-state index contributed by atoms with van der Waals surface area (Å²) in [5.41, 5.74) is 8.45. The summed E-state index contributed by atoms with van der Waals surface area (Å²) in [6.45, 7) is 0. The molecule has 1 aromatic heterocycles. The average molecular weight is 261 g/mol. The molecule has 1 heterocycles. The van der Waals surface area contributed by atoms with E-state index in [1.807, 2.05) is 42.5 Å². The van der Waals surface area contributed by atoms with Gasteiger partial charge in [0.25, 0.3) is 0 Å². The van der Waals surface area contributed by atoms with Crippen LogP contribution in [0.15, 0.2) is 42.5 Å². The molecule has 84 valence electrons. The Bertz CT molecular complexity index is 673. The van der Waals surface area contributed by atoms with Gasteiger partial charge in [-0.05, 0) is 42.5 Å². The van der Waals surface area contributed by atoms with Gasteiger partial charge >= 0.3 is 0 Å². The first-order valence-corrected chi connectivity index (χ1v) is 6.34. The molecule has 3 rings (SSSR count). The minimum atomic E-state index is 0.714. The van der Waals surface area contributed by atoms with E-state index in [4.69, 9.17) is 17.3 Å². The van der Waals surface area contributed by atoms with Crippen LogP contribution in [0.25, 0.3) is 20.8 Å². The molecule has 2 aromatic carbocycles. The van der Waals surface area contributed by atoms with Crippen molar-refractivity contribution < 1.29 is 0 Å². The summed E-state index contributed by atoms with van der Waals surface area (Å²) in [6.07, 6.45) is 0. The van der Waals surface area contributed by atoms with Crippen LogP contribution in [0, 0.1) is 0 Å². The van der Waals surface area contributed by atoms with Gasteiger partial charge in [0.15, 0.2) is 0 Å². The Labute approximate surface area is 108 Å². The van der Waals surface area contributed by atoms with E-state index in [-0.39, 0.29) is 0 Å². The highest BCUT2D eigenvalue weighted by atomic mass is 35.5. The smallest absolute Gasteiger partial charge is 0.124 e. The fourth-order valence-corrected chi connectivity index (χ4v) is 2.77. The van der Waals surface area contributed by atoms with Crippen LogP contribution in [0.4, 0.5) is 5.69 Å². The lowest BCUT2D eigenvalue weighted by atomic mass is 10.2. The number of halogens is 1. The molecular weight excluding hydrogens is 252 g/mol. The summed E-state index contributed by atoms with van der Waals surface area (Å²) in [4.78, 5) is 4.57. The second-order valence-corrected chi connectivity index (χ2v) is 5.22. The standard InChI is InChI=1S/C13H9ClN2S/c14-9-3-6-12-11(7-9)16-13(17-12)8-1-4-10(15)5-2-8/h1-7H,15H2. The van der Waals surface area contributed by atoms with Gasteiger partial charge in [0, 0.05) is 16.3 Å². The zero-order valence-electron chi connectivity index (χ0n) is 8.85. The molecule has 0 aliphatic rings. The largest absolute Gasteiger partial charge is 0.399 e. The van der Waals surface area contributed by atoms with Crippen molar-refractivity contribution in [2.45, 2.75) is 0 Å². The molecule has 0 saturated carbocycles. The highest BCUT2D eigenvalue weighted by Gasteiger charge is 2.06. The van der Waals surface area contributed by atoms with Crippen LogP contribution in [-0.2, 0) is 0 Å². The lowest BCUT2D eigenvalue weighted by Crippen LogP contribution is -1.83. The Morgan fingerprint density at radius 2 is 1.82 bits per heavy atom. The number of fused-ring (bicyclic) bond motifs is 1. The molecule has 17 heavy (non-hydrogen) atoms. The summed E-state index contributed by atoms with van der Waals surface area (Å²) >= 11 is 7.60. The van der Waals surface area contributed by atoms with Gasteiger partial charge in [-0.25, -0.2) is 4.98 Å². The number of rotatable bonds is 1. The number of benzene rings is 2. The molecule has 3 aromatic rings. The van der Waals surface area contributed by atoms with E-state index in [9.17, 15) is 0 Å². The first-order chi connectivity index (χ1) is 8.22. The minimum absolute atomic E-state index is 0.714. The van der Waals surface area contributed by atoms with Gasteiger partial charge in [0.05, 0.1) is 10.2 Å². The fourth-order valence-electron chi connectivity index (χ4n) is 1.65. The number of hydrogen-bond donors (Lipinski definition) is 1. The van der Waals surface area contributed by atoms with Gasteiger partial charge in [0.2, 0.25) is 0 Å². The molecule has 0 spiro atoms. The Balaban J connectivity index is 2.14. The van der Waals surface area contributed by atoms with Gasteiger partial charge in [-0.1, -0.05) is 11.6 Å². The van der Waals surface area contributed by atoms with E-state index in [0.29, 0.717) is 5.02 Å². The Kier molecular flexibility index (Phi) is 2.50. The Hall–Kier alpha value is -1.58. The van der Waals surface area contributed by atoms with E-state index in [1.54, 1.807) is 11.3 Å². The molecule has 2 N–H and O–H groups in total. The van der Waals surface area contributed by atoms with Gasteiger partial charge < -0.3 is 5.73 Å². The van der Waals surface area contributed by atoms with Crippen molar-refractivity contribution >= 4 is 38.8 Å². The van der Waals surface area contributed by atoms with Crippen molar-refractivity contribution in [1.82, 2.24) is 4.98 Å². The lowest BCUT2D eigenvalue weighted by Gasteiger charge is -1.95. The monoisotopic (exact) mass is 260 g/mol. The Morgan fingerprint density at radius 3 is 2.59 bits per heavy atom. The van der Waals surface area contributed by atoms with Gasteiger partial charge in [-0.15, -0.1) is 11.3 Å². The molecule has 0 fully saturated rings. The van der Waals surface area contributed by atoms with E-state index < -0.39 is 0 Å². The van der Waals surface area contributed by atoms with Crippen LogP contribution < -0.4 is 5.73 Å². The number of thiazole rings is 1. The van der Waals surface area contributed by atoms with Crippen LogP contribution in [0.2, 0.25) is 5.02 Å². The van der Waals surface area contributed by atoms with E-state index >= 15 is 0 Å². The molecule has 4 heteroatoms. The molecule has 0 unspecified atom stereocenters. The topological polar surface area (TPSA) is 38.9 Å². The molecule has 0 aliphatic carbocycles. The number of aromatic nitrogens is 1. The molecular formula is C13H9ClN2S. The maximum absolute atomic E-state index is 5.94. The molecule has 0 aliphatic heterocycles. The third-order valence-electron chi connectivity index (χ3n) is 2.51. The normalized spacial score (nSPS) is 10.9. The van der Waals surface area contributed by atoms with Crippen LogP contribution in [0.3, 0.4) is 0 Å². The minimum Gasteiger partial charge on any atom is -0.399 e. The van der Waals surface area contributed by atoms with Crippen molar-refractivity contribution in [2.75, 3.05) is 5.73 Å². The van der Waals surface area contributed by atoms with E-state index in [0.717, 1.165) is 26.5 Å². The fraction of sp³-hybridized carbons (Fsp3) is 0. The quantitative estimate of drug-likeness (QED) is 0.666. The number of anilines is 1. The van der Waals surface area contributed by atoms with Crippen molar-refractivity contribution in [2.24, 2.45) is 0 Å². The van der Waals surface area contributed by atoms with Gasteiger partial charge in [-0.3, -0.25) is 0 Å². The lowest BCUT2D eigenvalue weighted by molar-refractivity contribution is 1.48. The van der Waals surface area contributed by atoms with Gasteiger partial charge in [-0.2, -0.15) is 0 Å². The third kappa shape index (κ3) is 1.99. The first-order valence-electron chi connectivity index (χ1n) is 5.14. The van der Waals surface area contributed by atoms with Crippen molar-refractivity contribution in [3.8, 4) is 10.6 Å². The van der Waals surface area contributed by atoms with Gasteiger partial charge in [0.1, 0.15) is 5.01 Å². The molecule has 2 nitrogen and oxygen atoms in total. The van der Waals surface area contributed by atoms with Crippen LogP contribution in [0.5, 0.6) is 0 Å². The molecule has 0 atom stereocenters. The second-order valence-electron chi connectivity index (χ2n) is 3.75. The molecule has 0 saturated heterocycles. The summed E-state index contributed by atoms with van der Waals surface area (Å²) < 4.78 is 1.14. The Morgan fingerprint density at radius 1 is 1.06 bits per heavy atom. The van der Waals surface area contributed by atoms with E-state index in [1.165, 1.54) is 0 Å². The molecule has 0 amide bonds. The molecule has 0 bridgehead atoms. The first kappa shape index (κ1) is 10.6. The zero-order valence-corrected chi connectivity index (χ0v) is 10.4. The number of nitrogens with zero attached hydrogens (tertiary/aromatic N) is 1. The highest BCUT2D eigenvalue weighted by Crippen LogP contribution is 2.31. The number of hydrogen-bond acceptors (Lipinski definition) is 3. The second kappa shape index (κ2) is 4.02. The average Bonchev–Trinajstić information content (AvgIpc) is 2.72. The summed E-state index contributed by atoms with van der Waals surface area (Å²) in [7, 11) is 0. The summed E-state index contributed by atoms with van der Waals surface area (Å²) in [6, 6.07) is 13.5. The van der Waals surface area contributed by atoms with Crippen LogP contribution in [-0.4, -0.2) is 4.98 Å². The van der Waals surface area contributed by atoms with Crippen LogP contribution >= 0.6 is 22.9 Å². The zero-order chi connectivity index (χ0) is 11.8. The summed E-state index contributed by atoms with van der Waals surface area (Å²) in [5, 5.41) is 1.70. The maximum atomic E-state index is 5.94. The van der Waals surface area contributed by atoms with Crippen molar-refractivity contribution in [1.29, 1.82) is 0 Å². The summed E-state index contributed by atoms with van der Waals surface area (Å²) in [5.74, 6) is 0. The molecule has 0 radical (unpaired) electrons. The number of nitrogens with two attached hydrogens (primary N) is 1. The predicted octanol–water partition coefficient (Wildman–Crippen LogP) is 4.20. The highest BCUT2D eigenvalue weighted by molar-refractivity contribution is 7.21. The maximum Gasteiger partial charge on any atom is 0.124 e. The SMILES string of the molecule is Nc1ccc(-c2nc3cc(Cl)ccc3s2)cc1.